The number of rotatable bonds is 3. The summed E-state index contributed by atoms with van der Waals surface area (Å²) >= 11 is 0. The summed E-state index contributed by atoms with van der Waals surface area (Å²) in [5.74, 6) is 0.163. The van der Waals surface area contributed by atoms with E-state index in [0.29, 0.717) is 46.0 Å². The van der Waals surface area contributed by atoms with Crippen LogP contribution in [0.15, 0.2) is 30.5 Å². The van der Waals surface area contributed by atoms with E-state index >= 15 is 4.39 Å². The van der Waals surface area contributed by atoms with Crippen LogP contribution in [0.2, 0.25) is 0 Å². The predicted octanol–water partition coefficient (Wildman–Crippen LogP) is 4.51. The van der Waals surface area contributed by atoms with Crippen LogP contribution in [0.25, 0.3) is 27.7 Å². The van der Waals surface area contributed by atoms with Crippen molar-refractivity contribution < 1.29 is 17.2 Å². The molecule has 0 saturated carbocycles. The second-order valence-electron chi connectivity index (χ2n) is 8.88. The Balaban J connectivity index is 1.90. The highest BCUT2D eigenvalue weighted by Gasteiger charge is 2.36. The molecule has 5 rings (SSSR count). The van der Waals surface area contributed by atoms with Crippen LogP contribution < -0.4 is 5.32 Å². The van der Waals surface area contributed by atoms with Crippen molar-refractivity contribution in [2.75, 3.05) is 11.6 Å². The largest absolute Gasteiger partial charge is 0.371 e. The summed E-state index contributed by atoms with van der Waals surface area (Å²) in [6, 6.07) is 5.37. The first-order chi connectivity index (χ1) is 15.4. The Morgan fingerprint density at radius 3 is 2.55 bits per heavy atom. The molecule has 0 spiro atoms. The second kappa shape index (κ2) is 6.86. The van der Waals surface area contributed by atoms with E-state index in [1.807, 2.05) is 32.3 Å². The number of nitrogens with one attached hydrogen (secondary N) is 1. The standard InChI is InChI=1S/C23H23F2N5O2S/c1-6-14-20(16-9-13(24)10-19-15(16)7-8-29(19)33(5,31)32)17(25)11-18-21(14)30-12(2)27-28-22(30)23(3,4)26-18/h7-11,26H,6H2,1-5H3. The zero-order valence-electron chi connectivity index (χ0n) is 18.9. The maximum Gasteiger partial charge on any atom is 0.236 e. The molecule has 1 aliphatic heterocycles. The fourth-order valence-electron chi connectivity index (χ4n) is 4.79. The normalized spacial score (nSPS) is 14.8. The molecule has 0 aliphatic carbocycles. The van der Waals surface area contributed by atoms with Crippen LogP contribution in [0.3, 0.4) is 0 Å². The number of benzene rings is 2. The smallest absolute Gasteiger partial charge is 0.236 e. The molecule has 0 unspecified atom stereocenters. The SMILES string of the molecule is CCc1c(-c2cc(F)cc3c2ccn3S(C)(=O)=O)c(F)cc2c1-n1c(C)nnc1C(C)(C)N2. The first kappa shape index (κ1) is 21.6. The summed E-state index contributed by atoms with van der Waals surface area (Å²) < 4.78 is 57.8. The van der Waals surface area contributed by atoms with Crippen molar-refractivity contribution in [3.05, 3.63) is 59.3 Å². The molecule has 0 atom stereocenters. The van der Waals surface area contributed by atoms with Gasteiger partial charge in [-0.3, -0.25) is 4.57 Å². The van der Waals surface area contributed by atoms with Crippen molar-refractivity contribution in [3.8, 4) is 16.8 Å². The van der Waals surface area contributed by atoms with Gasteiger partial charge in [0.2, 0.25) is 10.0 Å². The molecule has 0 fully saturated rings. The summed E-state index contributed by atoms with van der Waals surface area (Å²) in [5.41, 5.74) is 2.06. The molecule has 2 aromatic heterocycles. The van der Waals surface area contributed by atoms with Crippen molar-refractivity contribution in [2.45, 2.75) is 39.7 Å². The van der Waals surface area contributed by atoms with Gasteiger partial charge in [0.1, 0.15) is 17.5 Å². The first-order valence-corrected chi connectivity index (χ1v) is 12.4. The van der Waals surface area contributed by atoms with E-state index in [0.717, 1.165) is 16.3 Å². The number of halogens is 2. The average molecular weight is 472 g/mol. The lowest BCUT2D eigenvalue weighted by atomic mass is 9.90. The third-order valence-electron chi connectivity index (χ3n) is 6.12. The Hall–Kier alpha value is -3.27. The third kappa shape index (κ3) is 3.07. The van der Waals surface area contributed by atoms with E-state index in [-0.39, 0.29) is 11.1 Å². The fourth-order valence-corrected chi connectivity index (χ4v) is 5.58. The Labute approximate surface area is 190 Å². The van der Waals surface area contributed by atoms with Crippen molar-refractivity contribution in [1.29, 1.82) is 0 Å². The van der Waals surface area contributed by atoms with Gasteiger partial charge in [-0.2, -0.15) is 0 Å². The van der Waals surface area contributed by atoms with Crippen LogP contribution in [0.1, 0.15) is 38.0 Å². The molecule has 0 bridgehead atoms. The van der Waals surface area contributed by atoms with Crippen molar-refractivity contribution in [2.24, 2.45) is 0 Å². The van der Waals surface area contributed by atoms with Gasteiger partial charge in [0, 0.05) is 17.1 Å². The lowest BCUT2D eigenvalue weighted by molar-refractivity contribution is 0.532. The second-order valence-corrected chi connectivity index (χ2v) is 10.7. The molecule has 3 heterocycles. The number of anilines is 1. The zero-order valence-corrected chi connectivity index (χ0v) is 19.7. The van der Waals surface area contributed by atoms with Gasteiger partial charge < -0.3 is 5.32 Å². The van der Waals surface area contributed by atoms with Crippen LogP contribution in [0, 0.1) is 18.6 Å². The molecule has 0 saturated heterocycles. The Morgan fingerprint density at radius 2 is 1.88 bits per heavy atom. The number of hydrogen-bond acceptors (Lipinski definition) is 5. The summed E-state index contributed by atoms with van der Waals surface area (Å²) in [5, 5.41) is 12.4. The minimum atomic E-state index is -3.67. The Morgan fingerprint density at radius 1 is 1.15 bits per heavy atom. The third-order valence-corrected chi connectivity index (χ3v) is 7.16. The molecule has 4 aromatic rings. The highest BCUT2D eigenvalue weighted by Crippen LogP contribution is 2.45. The highest BCUT2D eigenvalue weighted by atomic mass is 32.2. The number of aromatic nitrogens is 4. The predicted molar refractivity (Wildman–Crippen MR) is 123 cm³/mol. The van der Waals surface area contributed by atoms with E-state index in [1.54, 1.807) is 6.07 Å². The van der Waals surface area contributed by atoms with E-state index in [9.17, 15) is 12.8 Å². The Kier molecular flexibility index (Phi) is 4.49. The first-order valence-electron chi connectivity index (χ1n) is 10.5. The molecular weight excluding hydrogens is 448 g/mol. The highest BCUT2D eigenvalue weighted by molar-refractivity contribution is 7.89. The van der Waals surface area contributed by atoms with Crippen molar-refractivity contribution in [3.63, 3.8) is 0 Å². The van der Waals surface area contributed by atoms with Gasteiger partial charge in [-0.15, -0.1) is 10.2 Å². The van der Waals surface area contributed by atoms with Crippen molar-refractivity contribution >= 4 is 26.6 Å². The molecule has 0 radical (unpaired) electrons. The summed E-state index contributed by atoms with van der Waals surface area (Å²) in [7, 11) is -3.67. The van der Waals surface area contributed by atoms with Gasteiger partial charge in [0.25, 0.3) is 0 Å². The van der Waals surface area contributed by atoms with Gasteiger partial charge in [-0.1, -0.05) is 6.92 Å². The lowest BCUT2D eigenvalue weighted by Crippen LogP contribution is -2.36. The quantitative estimate of drug-likeness (QED) is 0.476. The van der Waals surface area contributed by atoms with Crippen LogP contribution >= 0.6 is 0 Å². The maximum atomic E-state index is 15.7. The lowest BCUT2D eigenvalue weighted by Gasteiger charge is -2.35. The Bertz CT molecular complexity index is 1570. The number of hydrogen-bond donors (Lipinski definition) is 1. The molecule has 7 nitrogen and oxygen atoms in total. The van der Waals surface area contributed by atoms with Crippen LogP contribution in [-0.4, -0.2) is 33.4 Å². The zero-order chi connectivity index (χ0) is 23.9. The molecule has 2 aromatic carbocycles. The van der Waals surface area contributed by atoms with Crippen LogP contribution in [-0.2, 0) is 22.0 Å². The average Bonchev–Trinajstić information content (AvgIpc) is 3.30. The van der Waals surface area contributed by atoms with E-state index in [2.05, 4.69) is 15.5 Å². The fraction of sp³-hybridized carbons (Fsp3) is 0.304. The van der Waals surface area contributed by atoms with Crippen LogP contribution in [0.5, 0.6) is 0 Å². The molecule has 0 amide bonds. The van der Waals surface area contributed by atoms with E-state index in [4.69, 9.17) is 0 Å². The van der Waals surface area contributed by atoms with Crippen molar-refractivity contribution in [1.82, 2.24) is 18.7 Å². The van der Waals surface area contributed by atoms with Gasteiger partial charge >= 0.3 is 0 Å². The molecule has 1 aliphatic rings. The molecule has 172 valence electrons. The summed E-state index contributed by atoms with van der Waals surface area (Å²) in [6.07, 6.45) is 2.84. The van der Waals surface area contributed by atoms with Gasteiger partial charge in [0.05, 0.1) is 28.7 Å². The van der Waals surface area contributed by atoms with Gasteiger partial charge in [-0.05, 0) is 62.6 Å². The molecule has 1 N–H and O–H groups in total. The number of aryl methyl sites for hydroxylation is 1. The topological polar surface area (TPSA) is 81.8 Å². The minimum absolute atomic E-state index is 0.159. The monoisotopic (exact) mass is 471 g/mol. The van der Waals surface area contributed by atoms with Gasteiger partial charge in [0.15, 0.2) is 5.82 Å². The molecule has 10 heteroatoms. The number of nitrogens with zero attached hydrogens (tertiary/aromatic N) is 4. The van der Waals surface area contributed by atoms with E-state index in [1.165, 1.54) is 18.3 Å². The summed E-state index contributed by atoms with van der Waals surface area (Å²) in [6.45, 7) is 7.61. The van der Waals surface area contributed by atoms with Gasteiger partial charge in [-0.25, -0.2) is 21.2 Å². The minimum Gasteiger partial charge on any atom is -0.371 e. The van der Waals surface area contributed by atoms with E-state index < -0.39 is 27.2 Å². The number of fused-ring (bicyclic) bond motifs is 4. The molecular formula is C23H23F2N5O2S. The van der Waals surface area contributed by atoms with Crippen LogP contribution in [0.4, 0.5) is 14.5 Å². The maximum absolute atomic E-state index is 15.7. The molecule has 33 heavy (non-hydrogen) atoms. The summed E-state index contributed by atoms with van der Waals surface area (Å²) in [4.78, 5) is 0.